The number of carbonyl (C=O) groups is 1. The Morgan fingerprint density at radius 2 is 1.30 bits per heavy atom. The molecule has 2 aromatic heterocycles. The number of pyridine rings is 2. The van der Waals surface area contributed by atoms with E-state index in [1.807, 2.05) is 0 Å². The Hall–Kier alpha value is -3.70. The number of unbranched alkanes of at least 4 members (excludes halogenated alkanes) is 9. The number of phosphoric ester groups is 1. The van der Waals surface area contributed by atoms with Gasteiger partial charge >= 0.3 is 0 Å². The molecule has 0 fully saturated rings. The number of benzene rings is 1. The van der Waals surface area contributed by atoms with Gasteiger partial charge in [0, 0.05) is 48.0 Å². The van der Waals surface area contributed by atoms with Crippen molar-refractivity contribution in [2.45, 2.75) is 78.1 Å². The number of phosphoric acid groups is 1. The van der Waals surface area contributed by atoms with E-state index in [2.05, 4.69) is 14.7 Å². The third-order valence-corrected chi connectivity index (χ3v) is 7.95. The largest absolute Gasteiger partial charge is 0.756 e. The summed E-state index contributed by atoms with van der Waals surface area (Å²) in [5, 5.41) is 23.4. The summed E-state index contributed by atoms with van der Waals surface area (Å²) in [5.41, 5.74) is 0.892. The fourth-order valence-corrected chi connectivity index (χ4v) is 5.29. The molecule has 0 saturated carbocycles. The van der Waals surface area contributed by atoms with Gasteiger partial charge in [-0.15, -0.1) is 0 Å². The molecule has 2 heterocycles. The van der Waals surface area contributed by atoms with Gasteiger partial charge < -0.3 is 39.0 Å². The fourth-order valence-electron chi connectivity index (χ4n) is 4.94. The van der Waals surface area contributed by atoms with Crippen LogP contribution in [0, 0.1) is 13.8 Å². The van der Waals surface area contributed by atoms with Crippen molar-refractivity contribution in [2.24, 2.45) is 0 Å². The van der Waals surface area contributed by atoms with Gasteiger partial charge in [0.2, 0.25) is 12.3 Å². The first-order valence-electron chi connectivity index (χ1n) is 15.2. The van der Waals surface area contributed by atoms with Crippen molar-refractivity contribution in [2.75, 3.05) is 13.2 Å². The lowest BCUT2D eigenvalue weighted by Crippen LogP contribution is -2.25. The Labute approximate surface area is 257 Å². The van der Waals surface area contributed by atoms with Crippen molar-refractivity contribution in [3.05, 3.63) is 80.1 Å². The number of aromatic nitrogens is 2. The highest BCUT2D eigenvalue weighted by atomic mass is 31.2. The van der Waals surface area contributed by atoms with Gasteiger partial charge in [0.05, 0.1) is 18.0 Å². The van der Waals surface area contributed by atoms with Crippen molar-refractivity contribution in [1.29, 1.82) is 1.43 Å². The second kappa shape index (κ2) is 16.4. The first-order chi connectivity index (χ1) is 21.4. The summed E-state index contributed by atoms with van der Waals surface area (Å²) in [5.74, 6) is -1.10. The molecule has 0 aliphatic carbocycles. The van der Waals surface area contributed by atoms with Crippen molar-refractivity contribution < 1.29 is 33.9 Å². The normalized spacial score (nSPS) is 12.9. The second-order valence-electron chi connectivity index (χ2n) is 10.8. The van der Waals surface area contributed by atoms with Crippen LogP contribution in [-0.4, -0.2) is 44.7 Å². The Morgan fingerprint density at radius 3 is 1.77 bits per heavy atom. The molecule has 0 aliphatic rings. The Morgan fingerprint density at radius 1 is 0.841 bits per heavy atom. The van der Waals surface area contributed by atoms with Gasteiger partial charge in [-0.2, -0.15) is 0 Å². The molecule has 1 atom stereocenters. The lowest BCUT2D eigenvalue weighted by atomic mass is 10.1. The zero-order valence-electron chi connectivity index (χ0n) is 26.1. The number of amides is 1. The first-order valence-corrected chi connectivity index (χ1v) is 16.3. The van der Waals surface area contributed by atoms with Crippen molar-refractivity contribution >= 4 is 13.7 Å². The van der Waals surface area contributed by atoms with Gasteiger partial charge in [0.25, 0.3) is 13.7 Å². The summed E-state index contributed by atoms with van der Waals surface area (Å²) in [4.78, 5) is 51.5. The fraction of sp³-hybridized carbons (Fsp3) is 0.452. The molecule has 3 aromatic rings. The third-order valence-electron chi connectivity index (χ3n) is 7.45. The number of nitrogens with zero attached hydrogens (tertiary/aromatic N) is 2. The molecule has 0 spiro atoms. The van der Waals surface area contributed by atoms with E-state index in [-0.39, 0.29) is 12.5 Å². The molecule has 0 bridgehead atoms. The lowest BCUT2D eigenvalue weighted by molar-refractivity contribution is -0.219. The van der Waals surface area contributed by atoms with Gasteiger partial charge in [-0.05, 0) is 44.9 Å². The van der Waals surface area contributed by atoms with Gasteiger partial charge in [-0.1, -0.05) is 51.4 Å². The van der Waals surface area contributed by atoms with Crippen LogP contribution in [0.2, 0.25) is 0 Å². The van der Waals surface area contributed by atoms with Gasteiger partial charge in [-0.25, -0.2) is 0 Å². The minimum atomic E-state index is -4.45. The zero-order chi connectivity index (χ0) is 33.0. The van der Waals surface area contributed by atoms with Crippen LogP contribution < -0.4 is 21.1 Å². The van der Waals surface area contributed by atoms with Gasteiger partial charge in [0.1, 0.15) is 0 Å². The van der Waals surface area contributed by atoms with Gasteiger partial charge in [0.15, 0.2) is 11.5 Å². The van der Waals surface area contributed by atoms with Crippen molar-refractivity contribution in [3.63, 3.8) is 0 Å². The van der Waals surface area contributed by atoms with Crippen LogP contribution in [0.15, 0.2) is 52.3 Å². The van der Waals surface area contributed by atoms with E-state index < -0.39 is 30.2 Å². The summed E-state index contributed by atoms with van der Waals surface area (Å²) in [6.07, 6.45) is 12.6. The summed E-state index contributed by atoms with van der Waals surface area (Å²) in [6, 6.07) is 7.49. The first kappa shape index (κ1) is 33.2. The molecule has 13 heteroatoms. The van der Waals surface area contributed by atoms with E-state index in [4.69, 9.17) is 1.43 Å². The minimum Gasteiger partial charge on any atom is -0.756 e. The van der Waals surface area contributed by atoms with Crippen LogP contribution in [0.25, 0.3) is 11.4 Å². The van der Waals surface area contributed by atoms with Crippen molar-refractivity contribution in [1.82, 2.24) is 14.5 Å². The van der Waals surface area contributed by atoms with Crippen LogP contribution in [0.3, 0.4) is 0 Å². The predicted octanol–water partition coefficient (Wildman–Crippen LogP) is 4.12. The SMILES string of the molecule is [2H]OP(=O)([O-])OCCCCCCCCCCCCNC(=O)c1cc(-n2ccc(=O)c(O)c2C)cc(-n2ccc(=O)c(O)c2C)c1. The average molecular weight is 632 g/mol. The molecule has 0 radical (unpaired) electrons. The summed E-state index contributed by atoms with van der Waals surface area (Å²) in [6.45, 7) is 3.69. The molecule has 12 nitrogen and oxygen atoms in total. The average Bonchev–Trinajstić information content (AvgIpc) is 3.02. The molecule has 4 N–H and O–H groups in total. The highest BCUT2D eigenvalue weighted by Crippen LogP contribution is 2.30. The summed E-state index contributed by atoms with van der Waals surface area (Å²) in [7, 11) is -4.45. The molecule has 1 unspecified atom stereocenters. The maximum Gasteiger partial charge on any atom is 0.265 e. The smallest absolute Gasteiger partial charge is 0.265 e. The number of hydrogen-bond acceptors (Lipinski definition) is 9. The van der Waals surface area contributed by atoms with Crippen molar-refractivity contribution in [3.8, 4) is 22.9 Å². The summed E-state index contributed by atoms with van der Waals surface area (Å²) < 4.78 is 25.0. The van der Waals surface area contributed by atoms with E-state index in [9.17, 15) is 34.1 Å². The molecular formula is C31H41N3O9P-. The second-order valence-corrected chi connectivity index (χ2v) is 11.9. The van der Waals surface area contributed by atoms with Crippen LogP contribution in [0.5, 0.6) is 11.5 Å². The van der Waals surface area contributed by atoms with E-state index in [0.717, 1.165) is 57.8 Å². The molecule has 3 rings (SSSR count). The number of rotatable bonds is 18. The monoisotopic (exact) mass is 631 g/mol. The quantitative estimate of drug-likeness (QED) is 0.118. The molecular weight excluding hydrogens is 589 g/mol. The van der Waals surface area contributed by atoms with Crippen LogP contribution in [-0.2, 0) is 9.09 Å². The zero-order valence-corrected chi connectivity index (χ0v) is 26.0. The highest BCUT2D eigenvalue weighted by Gasteiger charge is 2.15. The maximum absolute atomic E-state index is 13.2. The topological polar surface area (TPSA) is 183 Å². The van der Waals surface area contributed by atoms with E-state index >= 15 is 0 Å². The summed E-state index contributed by atoms with van der Waals surface area (Å²) >= 11 is 0. The number of aromatic hydroxyl groups is 2. The predicted molar refractivity (Wildman–Crippen MR) is 165 cm³/mol. The number of carbonyl (C=O) groups excluding carboxylic acids is 1. The van der Waals surface area contributed by atoms with Gasteiger partial charge in [-0.3, -0.25) is 18.9 Å². The number of hydrogen-bond donors (Lipinski definition) is 4. The Balaban J connectivity index is 1.51. The lowest BCUT2D eigenvalue weighted by Gasteiger charge is -2.18. The minimum absolute atomic E-state index is 0.0296. The highest BCUT2D eigenvalue weighted by molar-refractivity contribution is 7.44. The standard InChI is InChI=1S/C31H42N3O9P/c1-22-29(37)27(35)13-16-33(22)25-19-24(20-26(21-25)34-17-14-28(36)30(38)23(34)2)31(39)32-15-11-9-7-5-3-4-6-8-10-12-18-43-44(40,41)42/h13-14,16-17,19-21,37-38H,3-12,15,18H2,1-2H3,(H,32,39)(H2,40,41,42)/p-1/i/hD. The molecule has 240 valence electrons. The van der Waals surface area contributed by atoms with E-state index in [1.165, 1.54) is 24.5 Å². The Kier molecular flexibility index (Phi) is 12.4. The maximum atomic E-state index is 13.2. The molecule has 44 heavy (non-hydrogen) atoms. The van der Waals surface area contributed by atoms with Crippen LogP contribution >= 0.6 is 7.82 Å². The number of nitrogens with one attached hydrogen (secondary N) is 1. The van der Waals surface area contributed by atoms with Crippen LogP contribution in [0.1, 0.15) is 86.0 Å². The molecule has 0 saturated heterocycles. The van der Waals surface area contributed by atoms with E-state index in [1.54, 1.807) is 41.2 Å². The molecule has 0 aliphatic heterocycles. The molecule has 1 amide bonds. The third kappa shape index (κ3) is 10.2. The van der Waals surface area contributed by atoms with Crippen LogP contribution in [0.4, 0.5) is 0 Å². The Bertz CT molecular complexity index is 1540. The van der Waals surface area contributed by atoms with E-state index in [0.29, 0.717) is 41.3 Å². The molecule has 1 aromatic carbocycles.